The monoisotopic (exact) mass is 413 g/mol. The van der Waals surface area contributed by atoms with Crippen LogP contribution in [0, 0.1) is 0 Å². The number of carbonyl (C=O) groups excluding carboxylic acids is 1. The first-order chi connectivity index (χ1) is 13.5. The van der Waals surface area contributed by atoms with Crippen LogP contribution in [0.5, 0.6) is 0 Å². The quantitative estimate of drug-likeness (QED) is 0.625. The highest BCUT2D eigenvalue weighted by molar-refractivity contribution is 5.79. The van der Waals surface area contributed by atoms with E-state index >= 15 is 0 Å². The van der Waals surface area contributed by atoms with Crippen LogP contribution in [0.15, 0.2) is 0 Å². The molecule has 0 saturated carbocycles. The normalized spacial score (nSPS) is 50.2. The van der Waals surface area contributed by atoms with E-state index in [1.54, 1.807) is 6.92 Å². The second-order valence-electron chi connectivity index (χ2n) is 9.85. The van der Waals surface area contributed by atoms with E-state index in [4.69, 9.17) is 33.3 Å². The third kappa shape index (κ3) is 2.90. The highest BCUT2D eigenvalue weighted by atomic mass is 16.8. The molecule has 0 aromatic rings. The number of carbonyl (C=O) groups is 1. The number of methoxy groups -OCH3 is 1. The van der Waals surface area contributed by atoms with Crippen molar-refractivity contribution in [2.45, 2.75) is 107 Å². The number of hydrogen-bond donors (Lipinski definition) is 0. The molecule has 5 saturated heterocycles. The number of rotatable bonds is 2. The summed E-state index contributed by atoms with van der Waals surface area (Å²) in [6.45, 7) is 9.78. The van der Waals surface area contributed by atoms with Gasteiger partial charge in [0.2, 0.25) is 0 Å². The predicted octanol–water partition coefficient (Wildman–Crippen LogP) is 1.48. The van der Waals surface area contributed by atoms with E-state index in [1.807, 2.05) is 32.8 Å². The molecular weight excluding hydrogens is 382 g/mol. The van der Waals surface area contributed by atoms with Crippen LogP contribution in [-0.2, 0) is 38.1 Å². The number of hydrogen-bond acceptors (Lipinski definition) is 9. The number of nitrogens with zero attached hydrogens (tertiary/aromatic N) is 1. The fraction of sp³-hybridized carbons (Fsp3) is 0.950. The molecule has 5 rings (SSSR count). The van der Waals surface area contributed by atoms with E-state index in [2.05, 4.69) is 0 Å². The van der Waals surface area contributed by atoms with Gasteiger partial charge in [-0.15, -0.1) is 0 Å². The second-order valence-corrected chi connectivity index (χ2v) is 9.85. The van der Waals surface area contributed by atoms with E-state index in [-0.39, 0.29) is 36.4 Å². The van der Waals surface area contributed by atoms with Crippen LogP contribution in [0.1, 0.15) is 53.9 Å². The van der Waals surface area contributed by atoms with Gasteiger partial charge < -0.3 is 28.4 Å². The molecule has 0 N–H and O–H groups in total. The molecule has 0 aromatic carbocycles. The molecule has 5 aliphatic heterocycles. The summed E-state index contributed by atoms with van der Waals surface area (Å²) in [4.78, 5) is 18.6. The molecule has 9 nitrogen and oxygen atoms in total. The lowest BCUT2D eigenvalue weighted by molar-refractivity contribution is -0.336. The summed E-state index contributed by atoms with van der Waals surface area (Å²) in [5.74, 6) is -1.80. The summed E-state index contributed by atoms with van der Waals surface area (Å²) < 4.78 is 36.1. The van der Waals surface area contributed by atoms with E-state index in [0.717, 1.165) is 12.8 Å². The molecule has 0 aromatic heterocycles. The molecule has 1 spiro atoms. The maximum atomic E-state index is 12.3. The Labute approximate surface area is 170 Å². The molecule has 164 valence electrons. The third-order valence-electron chi connectivity index (χ3n) is 6.72. The van der Waals surface area contributed by atoms with Crippen LogP contribution in [0.2, 0.25) is 0 Å². The van der Waals surface area contributed by atoms with E-state index in [0.29, 0.717) is 13.0 Å². The van der Waals surface area contributed by atoms with E-state index in [9.17, 15) is 4.79 Å². The lowest BCUT2D eigenvalue weighted by atomic mass is 9.96. The highest BCUT2D eigenvalue weighted by Crippen LogP contribution is 2.56. The van der Waals surface area contributed by atoms with Gasteiger partial charge in [0.15, 0.2) is 22.9 Å². The Bertz CT molecular complexity index is 713. The molecule has 9 heteroatoms. The van der Waals surface area contributed by atoms with Crippen molar-refractivity contribution >= 4 is 5.97 Å². The maximum Gasteiger partial charge on any atom is 0.340 e. The van der Waals surface area contributed by atoms with Crippen LogP contribution in [-0.4, -0.2) is 78.1 Å². The Morgan fingerprint density at radius 2 is 1.76 bits per heavy atom. The Kier molecular flexibility index (Phi) is 4.25. The molecule has 29 heavy (non-hydrogen) atoms. The van der Waals surface area contributed by atoms with Crippen LogP contribution in [0.4, 0.5) is 0 Å². The fourth-order valence-electron chi connectivity index (χ4n) is 5.58. The smallest absolute Gasteiger partial charge is 0.340 e. The average molecular weight is 413 g/mol. The number of fused-ring (bicyclic) bond motifs is 4. The van der Waals surface area contributed by atoms with Crippen molar-refractivity contribution in [1.82, 2.24) is 5.06 Å². The average Bonchev–Trinajstić information content (AvgIpc) is 3.38. The Morgan fingerprint density at radius 1 is 1.00 bits per heavy atom. The molecule has 0 unspecified atom stereocenters. The summed E-state index contributed by atoms with van der Waals surface area (Å²) in [5.41, 5.74) is -1.87. The summed E-state index contributed by atoms with van der Waals surface area (Å²) >= 11 is 0. The Morgan fingerprint density at radius 3 is 2.41 bits per heavy atom. The van der Waals surface area contributed by atoms with E-state index in [1.165, 1.54) is 7.11 Å². The van der Waals surface area contributed by atoms with Gasteiger partial charge in [-0.1, -0.05) is 0 Å². The van der Waals surface area contributed by atoms with Gasteiger partial charge in [0.05, 0.1) is 13.7 Å². The van der Waals surface area contributed by atoms with Crippen molar-refractivity contribution < 1.29 is 38.1 Å². The van der Waals surface area contributed by atoms with Crippen LogP contribution in [0.3, 0.4) is 0 Å². The van der Waals surface area contributed by atoms with Gasteiger partial charge in [-0.2, -0.15) is 5.06 Å². The molecular formula is C20H31NO8. The number of hydroxylamine groups is 2. The molecule has 5 fully saturated rings. The van der Waals surface area contributed by atoms with Gasteiger partial charge in [0.1, 0.15) is 24.4 Å². The lowest BCUT2D eigenvalue weighted by Crippen LogP contribution is -2.54. The van der Waals surface area contributed by atoms with Crippen LogP contribution in [0.25, 0.3) is 0 Å². The molecule has 0 amide bonds. The van der Waals surface area contributed by atoms with E-state index < -0.39 is 22.9 Å². The molecule has 0 radical (unpaired) electrons. The summed E-state index contributed by atoms with van der Waals surface area (Å²) in [5, 5.41) is 1.84. The maximum absolute atomic E-state index is 12.3. The SMILES string of the molecule is COC(=O)[C@@]1(C)C[C@H]2CC[C@@]3(O[C@H]([C@H]4COC(C)(C)O4)[C@@H]4OC(C)(C)O[C@@H]43)N2O1. The molecule has 5 aliphatic rings. The fourth-order valence-corrected chi connectivity index (χ4v) is 5.58. The third-order valence-corrected chi connectivity index (χ3v) is 6.72. The Hall–Kier alpha value is -0.810. The molecule has 0 aliphatic carbocycles. The van der Waals surface area contributed by atoms with Gasteiger partial charge >= 0.3 is 5.97 Å². The van der Waals surface area contributed by atoms with Crippen molar-refractivity contribution in [3.8, 4) is 0 Å². The standard InChI is InChI=1S/C20H31NO8/c1-17(2)24-10-12(25-17)13-14-15(28-18(3,4)26-14)20(27-13)8-7-11-9-19(5,16(22)23-6)29-21(11)20/h11-15H,7-10H2,1-6H3/t11-,12-,13-,14+,15+,19-,20+/m1/s1. The molecule has 0 bridgehead atoms. The zero-order chi connectivity index (χ0) is 20.8. The molecule has 7 atom stereocenters. The van der Waals surface area contributed by atoms with Gasteiger partial charge in [-0.3, -0.25) is 4.84 Å². The minimum Gasteiger partial charge on any atom is -0.467 e. The topological polar surface area (TPSA) is 84.9 Å². The zero-order valence-corrected chi connectivity index (χ0v) is 17.9. The van der Waals surface area contributed by atoms with Gasteiger partial charge in [0, 0.05) is 12.5 Å². The first-order valence-corrected chi connectivity index (χ1v) is 10.4. The van der Waals surface area contributed by atoms with Crippen molar-refractivity contribution in [1.29, 1.82) is 0 Å². The minimum absolute atomic E-state index is 0.0444. The minimum atomic E-state index is -1.03. The zero-order valence-electron chi connectivity index (χ0n) is 17.9. The van der Waals surface area contributed by atoms with Gasteiger partial charge in [-0.05, 0) is 47.5 Å². The summed E-state index contributed by atoms with van der Waals surface area (Å²) in [7, 11) is 1.38. The number of esters is 1. The van der Waals surface area contributed by atoms with Crippen molar-refractivity contribution in [3.05, 3.63) is 0 Å². The van der Waals surface area contributed by atoms with Crippen molar-refractivity contribution in [2.75, 3.05) is 13.7 Å². The van der Waals surface area contributed by atoms with Crippen molar-refractivity contribution in [3.63, 3.8) is 0 Å². The first kappa shape index (κ1) is 20.1. The summed E-state index contributed by atoms with van der Waals surface area (Å²) in [6, 6.07) is 0.0444. The van der Waals surface area contributed by atoms with Crippen LogP contribution < -0.4 is 0 Å². The van der Waals surface area contributed by atoms with Crippen LogP contribution >= 0.6 is 0 Å². The number of ether oxygens (including phenoxy) is 6. The predicted molar refractivity (Wildman–Crippen MR) is 97.3 cm³/mol. The van der Waals surface area contributed by atoms with Crippen molar-refractivity contribution in [2.24, 2.45) is 0 Å². The second kappa shape index (κ2) is 6.12. The summed E-state index contributed by atoms with van der Waals surface area (Å²) in [6.07, 6.45) is 0.786. The van der Waals surface area contributed by atoms with Gasteiger partial charge in [-0.25, -0.2) is 4.79 Å². The first-order valence-electron chi connectivity index (χ1n) is 10.4. The van der Waals surface area contributed by atoms with Gasteiger partial charge in [0.25, 0.3) is 0 Å². The molecule has 5 heterocycles. The Balaban J connectivity index is 1.46. The largest absolute Gasteiger partial charge is 0.467 e. The lowest BCUT2D eigenvalue weighted by Gasteiger charge is -2.38. The highest BCUT2D eigenvalue weighted by Gasteiger charge is 2.72.